The van der Waals surface area contributed by atoms with Crippen molar-refractivity contribution in [3.63, 3.8) is 0 Å². The lowest BCUT2D eigenvalue weighted by Gasteiger charge is -2.59. The Balaban J connectivity index is 1.18. The van der Waals surface area contributed by atoms with Crippen LogP contribution in [0.2, 0.25) is 0 Å². The van der Waals surface area contributed by atoms with E-state index in [9.17, 15) is 0 Å². The summed E-state index contributed by atoms with van der Waals surface area (Å²) in [6.45, 7) is 11.9. The number of rotatable bonds is 8. The first-order valence-electron chi connectivity index (χ1n) is 15.6. The summed E-state index contributed by atoms with van der Waals surface area (Å²) in [6.07, 6.45) is 20.4. The molecule has 0 bridgehead atoms. The molecule has 0 spiro atoms. The van der Waals surface area contributed by atoms with Gasteiger partial charge in [-0.15, -0.1) is 0 Å². The Morgan fingerprint density at radius 3 is 2.56 bits per heavy atom. The van der Waals surface area contributed by atoms with Crippen molar-refractivity contribution in [1.29, 1.82) is 0 Å². The fourth-order valence-electron chi connectivity index (χ4n) is 9.97. The highest BCUT2D eigenvalue weighted by atomic mass is 14.6. The first kappa shape index (κ1) is 26.4. The van der Waals surface area contributed by atoms with E-state index in [1.807, 2.05) is 6.07 Å². The molecule has 2 heteroatoms. The predicted octanol–water partition coefficient (Wildman–Crippen LogP) is 8.57. The fourth-order valence-corrected chi connectivity index (χ4v) is 9.97. The third-order valence-electron chi connectivity index (χ3n) is 11.8. The number of hydrogen-bond acceptors (Lipinski definition) is 1. The molecule has 0 amide bonds. The molecule has 0 aliphatic heterocycles. The molecule has 4 fully saturated rings. The quantitative estimate of drug-likeness (QED) is 0.223. The highest BCUT2D eigenvalue weighted by Gasteiger charge is 2.56. The maximum absolute atomic E-state index is 6.06. The van der Waals surface area contributed by atoms with Crippen LogP contribution in [0.4, 0.5) is 5.69 Å². The minimum Gasteiger partial charge on any atom is -0.399 e. The van der Waals surface area contributed by atoms with Gasteiger partial charge in [-0.1, -0.05) is 64.6 Å². The van der Waals surface area contributed by atoms with Gasteiger partial charge in [-0.05, 0) is 140 Å². The summed E-state index contributed by atoms with van der Waals surface area (Å²) in [5.74, 6) is 7.77. The number of anilines is 1. The molecule has 4 aliphatic carbocycles. The van der Waals surface area contributed by atoms with Gasteiger partial charge in [-0.2, -0.15) is 0 Å². The van der Waals surface area contributed by atoms with E-state index >= 15 is 0 Å². The maximum Gasteiger partial charge on any atom is 0.113 e. The molecule has 36 heavy (non-hydrogen) atoms. The number of nitrogen functional groups attached to an aromatic ring is 1. The van der Waals surface area contributed by atoms with E-state index in [1.54, 1.807) is 19.3 Å². The van der Waals surface area contributed by atoms with Crippen molar-refractivity contribution in [3.05, 3.63) is 30.3 Å². The second kappa shape index (κ2) is 10.9. The van der Waals surface area contributed by atoms with Gasteiger partial charge in [0.15, 0.2) is 0 Å². The van der Waals surface area contributed by atoms with E-state index in [4.69, 9.17) is 13.6 Å². The molecule has 0 heterocycles. The first-order valence-corrected chi connectivity index (χ1v) is 15.6. The zero-order valence-electron chi connectivity index (χ0n) is 23.6. The van der Waals surface area contributed by atoms with Gasteiger partial charge < -0.3 is 5.73 Å². The van der Waals surface area contributed by atoms with Crippen LogP contribution in [-0.4, -0.2) is 7.85 Å². The van der Waals surface area contributed by atoms with E-state index in [0.29, 0.717) is 5.41 Å². The molecule has 4 saturated carbocycles. The summed E-state index contributed by atoms with van der Waals surface area (Å²) in [6, 6.07) is 5.94. The first-order chi connectivity index (χ1) is 17.2. The van der Waals surface area contributed by atoms with Gasteiger partial charge in [0.1, 0.15) is 7.85 Å². The SMILES string of the molecule is [B]c1cc(N)cc(C(=C)CC2CCC3(C)C(CCC4C5CCC(CCCCC(C)C)C5CCC43)C2)c1. The second-order valence-electron chi connectivity index (χ2n) is 14.3. The van der Waals surface area contributed by atoms with Crippen LogP contribution in [0.25, 0.3) is 5.57 Å². The van der Waals surface area contributed by atoms with Crippen LogP contribution < -0.4 is 11.2 Å². The molecule has 8 atom stereocenters. The molecule has 2 N–H and O–H groups in total. The van der Waals surface area contributed by atoms with Crippen molar-refractivity contribution >= 4 is 24.6 Å². The lowest BCUT2D eigenvalue weighted by atomic mass is 9.46. The number of benzene rings is 1. The van der Waals surface area contributed by atoms with Gasteiger partial charge in [-0.25, -0.2) is 0 Å². The van der Waals surface area contributed by atoms with Crippen LogP contribution in [0.1, 0.15) is 116 Å². The van der Waals surface area contributed by atoms with Gasteiger partial charge in [0.25, 0.3) is 0 Å². The molecule has 2 radical (unpaired) electrons. The van der Waals surface area contributed by atoms with Gasteiger partial charge in [0.2, 0.25) is 0 Å². The smallest absolute Gasteiger partial charge is 0.113 e. The van der Waals surface area contributed by atoms with Crippen molar-refractivity contribution in [2.75, 3.05) is 5.73 Å². The maximum atomic E-state index is 6.06. The standard InChI is InChI=1S/C34H52BN/c1-22(2)7-5-6-8-25-9-11-31-30(25)13-14-33-32(31)12-10-27-18-24(15-16-34(27,33)4)17-23(3)26-19-28(35)21-29(36)20-26/h19-22,24-25,27,30-33H,3,5-18,36H2,1-2,4H3. The monoisotopic (exact) mass is 485 g/mol. The second-order valence-corrected chi connectivity index (χ2v) is 14.3. The third kappa shape index (κ3) is 5.35. The Morgan fingerprint density at radius 2 is 1.78 bits per heavy atom. The minimum absolute atomic E-state index is 0.586. The van der Waals surface area contributed by atoms with Crippen LogP contribution in [0, 0.1) is 52.8 Å². The van der Waals surface area contributed by atoms with Crippen LogP contribution in [0.3, 0.4) is 0 Å². The average Bonchev–Trinajstić information content (AvgIpc) is 3.24. The summed E-state index contributed by atoms with van der Waals surface area (Å²) in [4.78, 5) is 0. The van der Waals surface area contributed by atoms with Crippen LogP contribution >= 0.6 is 0 Å². The molecular formula is C34H52BN. The molecule has 1 nitrogen and oxygen atoms in total. The molecule has 0 saturated heterocycles. The van der Waals surface area contributed by atoms with Crippen molar-refractivity contribution in [2.45, 2.75) is 111 Å². The Morgan fingerprint density at radius 1 is 1.00 bits per heavy atom. The van der Waals surface area contributed by atoms with E-state index in [0.717, 1.165) is 70.5 Å². The highest BCUT2D eigenvalue weighted by Crippen LogP contribution is 2.65. The van der Waals surface area contributed by atoms with Crippen molar-refractivity contribution in [1.82, 2.24) is 0 Å². The summed E-state index contributed by atoms with van der Waals surface area (Å²) in [5, 5.41) is 0. The number of fused-ring (bicyclic) bond motifs is 5. The van der Waals surface area contributed by atoms with Gasteiger partial charge in [0, 0.05) is 5.69 Å². The molecule has 1 aromatic rings. The highest BCUT2D eigenvalue weighted by molar-refractivity contribution is 6.32. The molecule has 0 aromatic heterocycles. The Kier molecular flexibility index (Phi) is 8.00. The van der Waals surface area contributed by atoms with E-state index in [-0.39, 0.29) is 0 Å². The number of hydrogen-bond donors (Lipinski definition) is 1. The molecule has 196 valence electrons. The number of unbranched alkanes of at least 4 members (excludes halogenated alkanes) is 1. The van der Waals surface area contributed by atoms with Gasteiger partial charge in [-0.3, -0.25) is 0 Å². The topological polar surface area (TPSA) is 26.0 Å². The molecule has 4 aliphatic rings. The predicted molar refractivity (Wildman–Crippen MR) is 157 cm³/mol. The largest absolute Gasteiger partial charge is 0.399 e. The normalized spacial score (nSPS) is 37.8. The van der Waals surface area contributed by atoms with Crippen LogP contribution in [0.5, 0.6) is 0 Å². The van der Waals surface area contributed by atoms with Crippen LogP contribution in [-0.2, 0) is 0 Å². The minimum atomic E-state index is 0.586. The van der Waals surface area contributed by atoms with E-state index in [2.05, 4.69) is 39.5 Å². The summed E-state index contributed by atoms with van der Waals surface area (Å²) in [7, 11) is 6.06. The van der Waals surface area contributed by atoms with Crippen LogP contribution in [0.15, 0.2) is 24.8 Å². The Bertz CT molecular complexity index is 900. The lowest BCUT2D eigenvalue weighted by molar-refractivity contribution is -0.0962. The van der Waals surface area contributed by atoms with Crippen molar-refractivity contribution in [3.8, 4) is 0 Å². The van der Waals surface area contributed by atoms with Gasteiger partial charge >= 0.3 is 0 Å². The van der Waals surface area contributed by atoms with Crippen molar-refractivity contribution in [2.24, 2.45) is 52.8 Å². The lowest BCUT2D eigenvalue weighted by Crippen LogP contribution is -2.51. The molecular weight excluding hydrogens is 433 g/mol. The Labute approximate surface area is 223 Å². The molecule has 1 aromatic carbocycles. The summed E-state index contributed by atoms with van der Waals surface area (Å²) < 4.78 is 0. The zero-order chi connectivity index (χ0) is 25.4. The fraction of sp³-hybridized carbons (Fsp3) is 0.765. The van der Waals surface area contributed by atoms with E-state index < -0.39 is 0 Å². The number of allylic oxidation sites excluding steroid dienone is 1. The Hall–Kier alpha value is -1.18. The molecule has 8 unspecified atom stereocenters. The van der Waals surface area contributed by atoms with E-state index in [1.165, 1.54) is 69.8 Å². The van der Waals surface area contributed by atoms with Gasteiger partial charge in [0.05, 0.1) is 0 Å². The third-order valence-corrected chi connectivity index (χ3v) is 11.8. The molecule has 5 rings (SSSR count). The summed E-state index contributed by atoms with van der Waals surface area (Å²) in [5.41, 5.74) is 10.5. The average molecular weight is 486 g/mol. The number of nitrogens with two attached hydrogens (primary N) is 1. The van der Waals surface area contributed by atoms with Crippen molar-refractivity contribution < 1.29 is 0 Å². The summed E-state index contributed by atoms with van der Waals surface area (Å²) >= 11 is 0. The zero-order valence-corrected chi connectivity index (χ0v) is 23.6.